The van der Waals surface area contributed by atoms with Crippen molar-refractivity contribution in [1.29, 1.82) is 0 Å². The maximum atomic E-state index is 5.82. The maximum Gasteiger partial charge on any atom is 0.0964 e. The summed E-state index contributed by atoms with van der Waals surface area (Å²) in [5, 5.41) is 3.20. The van der Waals surface area contributed by atoms with Crippen LogP contribution in [0.1, 0.15) is 5.56 Å². The molecule has 0 atom stereocenters. The van der Waals surface area contributed by atoms with Crippen LogP contribution in [0, 0.1) is 0 Å². The lowest BCUT2D eigenvalue weighted by Crippen LogP contribution is -2.37. The van der Waals surface area contributed by atoms with Crippen LogP contribution in [0.5, 0.6) is 0 Å². The minimum atomic E-state index is -1.18. The molecule has 19 heavy (non-hydrogen) atoms. The van der Waals surface area contributed by atoms with Crippen LogP contribution in [0.25, 0.3) is 0 Å². The highest BCUT2D eigenvalue weighted by Gasteiger charge is 2.15. The van der Waals surface area contributed by atoms with E-state index in [4.69, 9.17) is 11.6 Å². The molecule has 1 aromatic carbocycles. The van der Waals surface area contributed by atoms with E-state index < -0.39 is 8.07 Å². The van der Waals surface area contributed by atoms with E-state index in [1.54, 1.807) is 18.0 Å². The molecule has 0 aliphatic heterocycles. The van der Waals surface area contributed by atoms with Gasteiger partial charge in [0.15, 0.2) is 0 Å². The number of hydrogen-bond acceptors (Lipinski definition) is 2. The minimum absolute atomic E-state index is 0.684. The Kier molecular flexibility index (Phi) is 4.71. The number of pyridine rings is 1. The molecule has 2 rings (SSSR count). The van der Waals surface area contributed by atoms with Gasteiger partial charge < -0.3 is 0 Å². The lowest BCUT2D eigenvalue weighted by molar-refractivity contribution is 1.13. The van der Waals surface area contributed by atoms with E-state index in [0.29, 0.717) is 5.02 Å². The third kappa shape index (κ3) is 4.37. The van der Waals surface area contributed by atoms with Gasteiger partial charge in [0.1, 0.15) is 0 Å². The summed E-state index contributed by atoms with van der Waals surface area (Å²) in [6, 6.07) is 12.9. The van der Waals surface area contributed by atoms with Crippen molar-refractivity contribution in [2.75, 3.05) is 0 Å². The summed E-state index contributed by atoms with van der Waals surface area (Å²) in [4.78, 5) is 4.29. The molecule has 0 radical (unpaired) electrons. The molecular weight excluding hydrogens is 290 g/mol. The molecule has 2 aromatic rings. The third-order valence-corrected chi connectivity index (χ3v) is 6.21. The van der Waals surface area contributed by atoms with Gasteiger partial charge in [0.2, 0.25) is 0 Å². The van der Waals surface area contributed by atoms with Crippen LogP contribution in [0.3, 0.4) is 0 Å². The molecule has 1 nitrogen and oxygen atoms in total. The first-order valence-corrected chi connectivity index (χ1v) is 11.2. The standard InChI is InChI=1S/C15H18ClNSSi/c1-19(2,3)14-7-4-12(5-8-14)11-18-15-9-6-13(16)10-17-15/h4-10H,11H2,1-3H3. The quantitative estimate of drug-likeness (QED) is 0.606. The fourth-order valence-electron chi connectivity index (χ4n) is 1.71. The molecule has 0 unspecified atom stereocenters. The molecule has 0 amide bonds. The molecule has 0 aliphatic rings. The molecule has 100 valence electrons. The van der Waals surface area contributed by atoms with E-state index in [9.17, 15) is 0 Å². The van der Waals surface area contributed by atoms with E-state index in [1.165, 1.54) is 10.8 Å². The van der Waals surface area contributed by atoms with Gasteiger partial charge in [-0.25, -0.2) is 4.98 Å². The maximum absolute atomic E-state index is 5.82. The average Bonchev–Trinajstić information content (AvgIpc) is 2.37. The highest BCUT2D eigenvalue weighted by molar-refractivity contribution is 7.98. The summed E-state index contributed by atoms with van der Waals surface area (Å²) < 4.78 is 0. The van der Waals surface area contributed by atoms with Crippen LogP contribution in [-0.2, 0) is 5.75 Å². The van der Waals surface area contributed by atoms with E-state index >= 15 is 0 Å². The van der Waals surface area contributed by atoms with Gasteiger partial charge in [0.05, 0.1) is 18.1 Å². The van der Waals surface area contributed by atoms with Crippen molar-refractivity contribution in [1.82, 2.24) is 4.98 Å². The summed E-state index contributed by atoms with van der Waals surface area (Å²) in [5.74, 6) is 0.945. The van der Waals surface area contributed by atoms with Crippen molar-refractivity contribution in [2.24, 2.45) is 0 Å². The highest BCUT2D eigenvalue weighted by Crippen LogP contribution is 2.21. The zero-order chi connectivity index (χ0) is 13.9. The van der Waals surface area contributed by atoms with Gasteiger partial charge in [-0.05, 0) is 17.7 Å². The molecule has 0 fully saturated rings. The first-order chi connectivity index (χ1) is 8.95. The number of benzene rings is 1. The van der Waals surface area contributed by atoms with Gasteiger partial charge in [-0.2, -0.15) is 0 Å². The Morgan fingerprint density at radius 1 is 1.05 bits per heavy atom. The van der Waals surface area contributed by atoms with Crippen LogP contribution in [0.15, 0.2) is 47.6 Å². The zero-order valence-corrected chi connectivity index (χ0v) is 14.1. The van der Waals surface area contributed by atoms with Gasteiger partial charge in [0, 0.05) is 11.9 Å². The molecule has 0 N–H and O–H groups in total. The van der Waals surface area contributed by atoms with Crippen LogP contribution < -0.4 is 5.19 Å². The fraction of sp³-hybridized carbons (Fsp3) is 0.267. The van der Waals surface area contributed by atoms with Crippen molar-refractivity contribution in [3.8, 4) is 0 Å². The number of aromatic nitrogens is 1. The lowest BCUT2D eigenvalue weighted by atomic mass is 10.2. The molecule has 1 heterocycles. The predicted octanol–water partition coefficient (Wildman–Crippen LogP) is 4.57. The Balaban J connectivity index is 1.98. The Labute approximate surface area is 125 Å². The number of halogens is 1. The Morgan fingerprint density at radius 2 is 1.74 bits per heavy atom. The fourth-order valence-corrected chi connectivity index (χ4v) is 3.78. The summed E-state index contributed by atoms with van der Waals surface area (Å²) in [6.07, 6.45) is 1.69. The largest absolute Gasteiger partial charge is 0.248 e. The van der Waals surface area contributed by atoms with E-state index in [0.717, 1.165) is 10.8 Å². The van der Waals surface area contributed by atoms with Crippen molar-refractivity contribution < 1.29 is 0 Å². The number of nitrogens with zero attached hydrogens (tertiary/aromatic N) is 1. The second kappa shape index (κ2) is 6.12. The molecule has 0 spiro atoms. The molecule has 4 heteroatoms. The van der Waals surface area contributed by atoms with Gasteiger partial charge in [0.25, 0.3) is 0 Å². The predicted molar refractivity (Wildman–Crippen MR) is 88.2 cm³/mol. The van der Waals surface area contributed by atoms with Crippen LogP contribution in [0.2, 0.25) is 24.7 Å². The average molecular weight is 308 g/mol. The molecule has 0 bridgehead atoms. The summed E-state index contributed by atoms with van der Waals surface area (Å²) in [6.45, 7) is 7.11. The summed E-state index contributed by atoms with van der Waals surface area (Å²) in [7, 11) is -1.18. The third-order valence-electron chi connectivity index (χ3n) is 2.91. The minimum Gasteiger partial charge on any atom is -0.248 e. The van der Waals surface area contributed by atoms with Crippen molar-refractivity contribution in [3.05, 3.63) is 53.2 Å². The van der Waals surface area contributed by atoms with E-state index in [1.807, 2.05) is 12.1 Å². The van der Waals surface area contributed by atoms with Gasteiger partial charge in [-0.3, -0.25) is 0 Å². The van der Waals surface area contributed by atoms with Gasteiger partial charge >= 0.3 is 0 Å². The van der Waals surface area contributed by atoms with Crippen LogP contribution >= 0.6 is 23.4 Å². The molecule has 0 saturated carbocycles. The SMILES string of the molecule is C[Si](C)(C)c1ccc(CSc2ccc(Cl)cn2)cc1. The normalized spacial score (nSPS) is 11.6. The molecule has 1 aromatic heterocycles. The van der Waals surface area contributed by atoms with Crippen molar-refractivity contribution >= 4 is 36.6 Å². The summed E-state index contributed by atoms with van der Waals surface area (Å²) in [5.41, 5.74) is 1.34. The molecular formula is C15H18ClNSSi. The van der Waals surface area contributed by atoms with E-state index in [-0.39, 0.29) is 0 Å². The lowest BCUT2D eigenvalue weighted by Gasteiger charge is -2.16. The first-order valence-electron chi connectivity index (χ1n) is 6.29. The molecule has 0 saturated heterocycles. The second-order valence-electron chi connectivity index (χ2n) is 5.55. The summed E-state index contributed by atoms with van der Waals surface area (Å²) >= 11 is 7.56. The highest BCUT2D eigenvalue weighted by atomic mass is 35.5. The first kappa shape index (κ1) is 14.6. The van der Waals surface area contributed by atoms with E-state index in [2.05, 4.69) is 48.9 Å². The Hall–Kier alpha value is -0.773. The Bertz CT molecular complexity index is 532. The zero-order valence-electron chi connectivity index (χ0n) is 11.5. The number of thioether (sulfide) groups is 1. The number of rotatable bonds is 4. The van der Waals surface area contributed by atoms with Crippen LogP contribution in [0.4, 0.5) is 0 Å². The monoisotopic (exact) mass is 307 g/mol. The molecule has 0 aliphatic carbocycles. The van der Waals surface area contributed by atoms with Crippen molar-refractivity contribution in [3.63, 3.8) is 0 Å². The number of hydrogen-bond donors (Lipinski definition) is 0. The topological polar surface area (TPSA) is 12.9 Å². The van der Waals surface area contributed by atoms with Gasteiger partial charge in [-0.15, -0.1) is 11.8 Å². The second-order valence-corrected chi connectivity index (χ2v) is 12.1. The van der Waals surface area contributed by atoms with Crippen LogP contribution in [-0.4, -0.2) is 13.1 Å². The Morgan fingerprint density at radius 3 is 2.26 bits per heavy atom. The van der Waals surface area contributed by atoms with Gasteiger partial charge in [-0.1, -0.05) is 60.7 Å². The van der Waals surface area contributed by atoms with Crippen molar-refractivity contribution in [2.45, 2.75) is 30.4 Å². The smallest absolute Gasteiger partial charge is 0.0964 e.